The number of rotatable bonds is 2. The summed E-state index contributed by atoms with van der Waals surface area (Å²) in [6.45, 7) is 5.75. The van der Waals surface area contributed by atoms with Crippen LogP contribution < -0.4 is 10.1 Å². The molecule has 3 nitrogen and oxygen atoms in total. The molecule has 0 aliphatic rings. The molecule has 0 bridgehead atoms. The molecule has 0 heterocycles. The second-order valence-electron chi connectivity index (χ2n) is 4.51. The monoisotopic (exact) mass is 333 g/mol. The number of amides is 1. The van der Waals surface area contributed by atoms with Crippen molar-refractivity contribution in [2.75, 3.05) is 0 Å². The molecule has 0 saturated heterocycles. The number of halogens is 1. The second kappa shape index (κ2) is 5.52. The maximum atomic E-state index is 11.6. The Morgan fingerprint density at radius 3 is 2.56 bits per heavy atom. The average Bonchev–Trinajstić information content (AvgIpc) is 2.15. The van der Waals surface area contributed by atoms with Gasteiger partial charge in [-0.1, -0.05) is 40.8 Å². The number of carbonyl (C=O) groups is 1. The molecule has 88 valence electrons. The molecule has 4 heteroatoms. The van der Waals surface area contributed by atoms with Crippen LogP contribution in [0.3, 0.4) is 0 Å². The minimum Gasteiger partial charge on any atom is -0.410 e. The summed E-state index contributed by atoms with van der Waals surface area (Å²) < 4.78 is 6.07. The Labute approximate surface area is 110 Å². The largest absolute Gasteiger partial charge is 0.413 e. The van der Waals surface area contributed by atoms with Crippen molar-refractivity contribution < 1.29 is 9.53 Å². The van der Waals surface area contributed by atoms with Crippen LogP contribution in [0.2, 0.25) is 0 Å². The van der Waals surface area contributed by atoms with Gasteiger partial charge in [-0.05, 0) is 26.8 Å². The molecule has 0 atom stereocenters. The Bertz CT molecular complexity index is 372. The van der Waals surface area contributed by atoms with Crippen molar-refractivity contribution in [1.29, 1.82) is 0 Å². The summed E-state index contributed by atoms with van der Waals surface area (Å²) in [6.07, 6.45) is -0.412. The molecule has 1 N–H and O–H groups in total. The third-order valence-electron chi connectivity index (χ3n) is 1.80. The minimum absolute atomic E-state index is 0.281. The van der Waals surface area contributed by atoms with Gasteiger partial charge in [0, 0.05) is 15.5 Å². The number of para-hydroxylation sites is 1. The van der Waals surface area contributed by atoms with Gasteiger partial charge in [0.15, 0.2) is 0 Å². The smallest absolute Gasteiger partial charge is 0.410 e. The van der Waals surface area contributed by atoms with Gasteiger partial charge in [0.1, 0.15) is 5.75 Å². The van der Waals surface area contributed by atoms with Gasteiger partial charge in [-0.3, -0.25) is 0 Å². The molecular formula is C12H16INO2. The lowest BCUT2D eigenvalue weighted by Crippen LogP contribution is -2.42. The highest BCUT2D eigenvalue weighted by atomic mass is 127. The topological polar surface area (TPSA) is 38.3 Å². The van der Waals surface area contributed by atoms with E-state index in [9.17, 15) is 4.79 Å². The van der Waals surface area contributed by atoms with Crippen molar-refractivity contribution in [3.63, 3.8) is 0 Å². The molecule has 1 rings (SSSR count). The molecule has 0 fully saturated rings. The first-order valence-electron chi connectivity index (χ1n) is 5.06. The Kier molecular flexibility index (Phi) is 4.58. The summed E-state index contributed by atoms with van der Waals surface area (Å²) in [5.74, 6) is 0.624. The van der Waals surface area contributed by atoms with E-state index in [2.05, 4.69) is 27.9 Å². The number of ether oxygens (including phenoxy) is 1. The Hall–Kier alpha value is -0.780. The molecule has 0 unspecified atom stereocenters. The lowest BCUT2D eigenvalue weighted by Gasteiger charge is -2.20. The zero-order valence-electron chi connectivity index (χ0n) is 9.71. The van der Waals surface area contributed by atoms with Crippen molar-refractivity contribution in [3.05, 3.63) is 29.8 Å². The first kappa shape index (κ1) is 13.3. The summed E-state index contributed by atoms with van der Waals surface area (Å²) in [6, 6.07) is 7.54. The quantitative estimate of drug-likeness (QED) is 0.664. The van der Waals surface area contributed by atoms with Crippen LogP contribution in [0.5, 0.6) is 5.75 Å². The highest BCUT2D eigenvalue weighted by Gasteiger charge is 2.16. The molecule has 0 saturated carbocycles. The van der Waals surface area contributed by atoms with Crippen molar-refractivity contribution >= 4 is 28.7 Å². The van der Waals surface area contributed by atoms with Crippen molar-refractivity contribution in [1.82, 2.24) is 5.32 Å². The molecule has 0 radical (unpaired) electrons. The van der Waals surface area contributed by atoms with E-state index >= 15 is 0 Å². The predicted molar refractivity (Wildman–Crippen MR) is 73.1 cm³/mol. The van der Waals surface area contributed by atoms with Crippen molar-refractivity contribution in [3.8, 4) is 5.75 Å². The molecule has 0 spiro atoms. The number of hydrogen-bond acceptors (Lipinski definition) is 2. The predicted octanol–water partition coefficient (Wildman–Crippen LogP) is 3.51. The fraction of sp³-hybridized carbons (Fsp3) is 0.417. The van der Waals surface area contributed by atoms with E-state index in [0.29, 0.717) is 5.75 Å². The van der Waals surface area contributed by atoms with E-state index in [0.717, 1.165) is 9.99 Å². The van der Waals surface area contributed by atoms with Crippen LogP contribution in [0.4, 0.5) is 4.79 Å². The highest BCUT2D eigenvalue weighted by molar-refractivity contribution is 14.1. The van der Waals surface area contributed by atoms with E-state index in [4.69, 9.17) is 4.74 Å². The van der Waals surface area contributed by atoms with Crippen molar-refractivity contribution in [2.45, 2.75) is 30.7 Å². The molecule has 0 aromatic heterocycles. The second-order valence-corrected chi connectivity index (χ2v) is 5.27. The lowest BCUT2D eigenvalue weighted by atomic mass is 10.1. The van der Waals surface area contributed by atoms with Gasteiger partial charge in [-0.15, -0.1) is 0 Å². The zero-order valence-corrected chi connectivity index (χ0v) is 11.9. The van der Waals surface area contributed by atoms with Crippen LogP contribution in [-0.4, -0.2) is 11.6 Å². The number of hydrogen-bond donors (Lipinski definition) is 1. The maximum absolute atomic E-state index is 11.6. The van der Waals surface area contributed by atoms with Gasteiger partial charge in [0.05, 0.1) is 0 Å². The molecule has 1 aromatic carbocycles. The van der Waals surface area contributed by atoms with Gasteiger partial charge in [0.25, 0.3) is 0 Å². The highest BCUT2D eigenvalue weighted by Crippen LogP contribution is 2.20. The van der Waals surface area contributed by atoms with Gasteiger partial charge < -0.3 is 10.1 Å². The molecular weight excluding hydrogens is 317 g/mol. The standard InChI is InChI=1S/C12H16INO2/c1-12(2,3)14-11(15)16-10-7-5-4-6-9(10)8-13/h4-7H,8H2,1-3H3,(H,14,15). The van der Waals surface area contributed by atoms with E-state index < -0.39 is 6.09 Å². The SMILES string of the molecule is CC(C)(C)NC(=O)Oc1ccccc1CI. The van der Waals surface area contributed by atoms with Crippen LogP contribution in [0.25, 0.3) is 0 Å². The van der Waals surface area contributed by atoms with Gasteiger partial charge in [-0.2, -0.15) is 0 Å². The van der Waals surface area contributed by atoms with E-state index in [1.54, 1.807) is 6.07 Å². The van der Waals surface area contributed by atoms with Crippen LogP contribution in [0, 0.1) is 0 Å². The minimum atomic E-state index is -0.412. The van der Waals surface area contributed by atoms with Gasteiger partial charge >= 0.3 is 6.09 Å². The molecule has 0 aliphatic heterocycles. The van der Waals surface area contributed by atoms with Crippen LogP contribution >= 0.6 is 22.6 Å². The first-order valence-corrected chi connectivity index (χ1v) is 6.59. The normalized spacial score (nSPS) is 11.0. The fourth-order valence-corrected chi connectivity index (χ4v) is 1.78. The van der Waals surface area contributed by atoms with Gasteiger partial charge in [-0.25, -0.2) is 4.79 Å². The third-order valence-corrected chi connectivity index (χ3v) is 2.62. The molecule has 1 amide bonds. The summed E-state index contributed by atoms with van der Waals surface area (Å²) in [4.78, 5) is 11.6. The molecule has 16 heavy (non-hydrogen) atoms. The summed E-state index contributed by atoms with van der Waals surface area (Å²) in [5.41, 5.74) is 0.739. The Morgan fingerprint density at radius 2 is 2.00 bits per heavy atom. The number of nitrogens with one attached hydrogen (secondary N) is 1. The van der Waals surface area contributed by atoms with E-state index in [1.165, 1.54) is 0 Å². The maximum Gasteiger partial charge on any atom is 0.413 e. The van der Waals surface area contributed by atoms with Crippen LogP contribution in [0.1, 0.15) is 26.3 Å². The Morgan fingerprint density at radius 1 is 1.38 bits per heavy atom. The van der Waals surface area contributed by atoms with Gasteiger partial charge in [0.2, 0.25) is 0 Å². The number of alkyl halides is 1. The Balaban J connectivity index is 2.70. The number of carbonyl (C=O) groups excluding carboxylic acids is 1. The third kappa shape index (κ3) is 4.38. The van der Waals surface area contributed by atoms with Crippen LogP contribution in [0.15, 0.2) is 24.3 Å². The number of benzene rings is 1. The zero-order chi connectivity index (χ0) is 12.2. The lowest BCUT2D eigenvalue weighted by molar-refractivity contribution is 0.190. The van der Waals surface area contributed by atoms with Crippen molar-refractivity contribution in [2.24, 2.45) is 0 Å². The first-order chi connectivity index (χ1) is 7.42. The fourth-order valence-electron chi connectivity index (χ4n) is 1.15. The average molecular weight is 333 g/mol. The molecule has 1 aromatic rings. The summed E-state index contributed by atoms with van der Waals surface area (Å²) in [5, 5.41) is 2.76. The molecule has 0 aliphatic carbocycles. The summed E-state index contributed by atoms with van der Waals surface area (Å²) >= 11 is 2.24. The van der Waals surface area contributed by atoms with E-state index in [1.807, 2.05) is 39.0 Å². The van der Waals surface area contributed by atoms with Crippen LogP contribution in [-0.2, 0) is 4.43 Å². The summed E-state index contributed by atoms with van der Waals surface area (Å²) in [7, 11) is 0. The van der Waals surface area contributed by atoms with E-state index in [-0.39, 0.29) is 5.54 Å².